The molecule has 0 N–H and O–H groups in total. The lowest BCUT2D eigenvalue weighted by Crippen LogP contribution is -2.31. The molecule has 2 atom stereocenters. The highest BCUT2D eigenvalue weighted by molar-refractivity contribution is 9.10. The van der Waals surface area contributed by atoms with Crippen LogP contribution in [0.1, 0.15) is 32.7 Å². The number of hydrogen-bond acceptors (Lipinski definition) is 3. The van der Waals surface area contributed by atoms with Gasteiger partial charge < -0.3 is 9.47 Å². The average Bonchev–Trinajstić information content (AvgIpc) is 2.65. The predicted molar refractivity (Wildman–Crippen MR) is 64.2 cm³/mol. The Balaban J connectivity index is 1.85. The van der Waals surface area contributed by atoms with E-state index >= 15 is 0 Å². The second kappa shape index (κ2) is 5.29. The van der Waals surface area contributed by atoms with Crippen molar-refractivity contribution in [3.63, 3.8) is 0 Å². The van der Waals surface area contributed by atoms with Gasteiger partial charge in [-0.05, 0) is 42.3 Å². The van der Waals surface area contributed by atoms with Gasteiger partial charge in [0, 0.05) is 12.6 Å². The Labute approximate surface area is 104 Å². The molecule has 1 aromatic heterocycles. The van der Waals surface area contributed by atoms with E-state index in [9.17, 15) is 0 Å². The Morgan fingerprint density at radius 1 is 1.56 bits per heavy atom. The summed E-state index contributed by atoms with van der Waals surface area (Å²) in [7, 11) is 0. The molecule has 2 heterocycles. The zero-order valence-electron chi connectivity index (χ0n) is 9.60. The Hall–Kier alpha value is -0.390. The average molecular weight is 289 g/mol. The summed E-state index contributed by atoms with van der Waals surface area (Å²) in [6, 6.07) is 2.27. The van der Waals surface area contributed by atoms with E-state index in [0.717, 1.165) is 17.4 Å². The lowest BCUT2D eigenvalue weighted by Gasteiger charge is -2.30. The summed E-state index contributed by atoms with van der Waals surface area (Å²) in [5.74, 6) is 0. The van der Waals surface area contributed by atoms with Gasteiger partial charge >= 0.3 is 0 Å². The number of halogens is 1. The number of ether oxygens (including phenoxy) is 2. The summed E-state index contributed by atoms with van der Waals surface area (Å²) in [5, 5.41) is 4.33. The molecule has 0 amide bonds. The van der Waals surface area contributed by atoms with Crippen molar-refractivity contribution in [2.24, 2.45) is 0 Å². The van der Waals surface area contributed by atoms with Crippen molar-refractivity contribution in [1.82, 2.24) is 9.78 Å². The van der Waals surface area contributed by atoms with Gasteiger partial charge in [-0.2, -0.15) is 5.10 Å². The molecule has 0 saturated carbocycles. The summed E-state index contributed by atoms with van der Waals surface area (Å²) >= 11 is 3.35. The van der Waals surface area contributed by atoms with Crippen LogP contribution in [-0.2, 0) is 9.47 Å². The molecular formula is C11H17BrN2O2. The topological polar surface area (TPSA) is 36.3 Å². The van der Waals surface area contributed by atoms with Crippen LogP contribution in [0.2, 0.25) is 0 Å². The van der Waals surface area contributed by atoms with Crippen molar-refractivity contribution < 1.29 is 9.47 Å². The molecule has 2 rings (SSSR count). The van der Waals surface area contributed by atoms with E-state index < -0.39 is 0 Å². The molecule has 1 aliphatic heterocycles. The van der Waals surface area contributed by atoms with Gasteiger partial charge in [0.1, 0.15) is 4.60 Å². The van der Waals surface area contributed by atoms with Crippen LogP contribution in [0.3, 0.4) is 0 Å². The smallest absolute Gasteiger partial charge is 0.158 e. The molecule has 1 fully saturated rings. The van der Waals surface area contributed by atoms with Crippen LogP contribution in [0.25, 0.3) is 0 Å². The molecule has 1 saturated heterocycles. The Morgan fingerprint density at radius 2 is 2.38 bits per heavy atom. The molecule has 0 aromatic carbocycles. The molecule has 0 bridgehead atoms. The minimum atomic E-state index is -0.0461. The van der Waals surface area contributed by atoms with Gasteiger partial charge in [-0.3, -0.25) is 4.68 Å². The Kier molecular flexibility index (Phi) is 4.00. The van der Waals surface area contributed by atoms with Crippen molar-refractivity contribution in [2.45, 2.75) is 45.1 Å². The molecule has 4 nitrogen and oxygen atoms in total. The third kappa shape index (κ3) is 3.06. The van der Waals surface area contributed by atoms with Crippen LogP contribution in [0.15, 0.2) is 16.9 Å². The highest BCUT2D eigenvalue weighted by atomic mass is 79.9. The second-order valence-corrected chi connectivity index (χ2v) is 5.11. The number of hydrogen-bond donors (Lipinski definition) is 0. The standard InChI is InChI=1S/C11H17BrN2O2/c1-8(2)16-11-4-3-9(7-15-11)14-6-5-10(12)13-14/h5-6,8-9,11H,3-4,7H2,1-2H3. The van der Waals surface area contributed by atoms with Crippen molar-refractivity contribution in [3.8, 4) is 0 Å². The first kappa shape index (κ1) is 12.1. The molecule has 0 aliphatic carbocycles. The van der Waals surface area contributed by atoms with E-state index in [4.69, 9.17) is 9.47 Å². The van der Waals surface area contributed by atoms with Gasteiger partial charge in [0.15, 0.2) is 6.29 Å². The monoisotopic (exact) mass is 288 g/mol. The van der Waals surface area contributed by atoms with Gasteiger partial charge in [-0.25, -0.2) is 0 Å². The van der Waals surface area contributed by atoms with Crippen LogP contribution in [0.5, 0.6) is 0 Å². The fraction of sp³-hybridized carbons (Fsp3) is 0.727. The van der Waals surface area contributed by atoms with E-state index in [2.05, 4.69) is 21.0 Å². The zero-order chi connectivity index (χ0) is 11.5. The molecule has 90 valence electrons. The minimum absolute atomic E-state index is 0.0461. The maximum Gasteiger partial charge on any atom is 0.158 e. The molecular weight excluding hydrogens is 272 g/mol. The van der Waals surface area contributed by atoms with Gasteiger partial charge in [0.2, 0.25) is 0 Å². The molecule has 1 aliphatic rings. The SMILES string of the molecule is CC(C)OC1CCC(n2ccc(Br)n2)CO1. The van der Waals surface area contributed by atoms with E-state index in [1.165, 1.54) is 0 Å². The van der Waals surface area contributed by atoms with Crippen LogP contribution in [0.4, 0.5) is 0 Å². The molecule has 16 heavy (non-hydrogen) atoms. The van der Waals surface area contributed by atoms with E-state index in [1.807, 2.05) is 30.8 Å². The molecule has 5 heteroatoms. The third-order valence-corrected chi connectivity index (χ3v) is 3.01. The van der Waals surface area contributed by atoms with Crippen LogP contribution in [-0.4, -0.2) is 28.8 Å². The molecule has 0 radical (unpaired) electrons. The quantitative estimate of drug-likeness (QED) is 0.858. The van der Waals surface area contributed by atoms with E-state index in [1.54, 1.807) is 0 Å². The lowest BCUT2D eigenvalue weighted by molar-refractivity contribution is -0.190. The zero-order valence-corrected chi connectivity index (χ0v) is 11.2. The molecule has 2 unspecified atom stereocenters. The van der Waals surface area contributed by atoms with E-state index in [-0.39, 0.29) is 12.4 Å². The first-order chi connectivity index (χ1) is 7.65. The highest BCUT2D eigenvalue weighted by Crippen LogP contribution is 2.24. The summed E-state index contributed by atoms with van der Waals surface area (Å²) < 4.78 is 14.1. The van der Waals surface area contributed by atoms with E-state index in [0.29, 0.717) is 12.6 Å². The van der Waals surface area contributed by atoms with Crippen LogP contribution >= 0.6 is 15.9 Å². The van der Waals surface area contributed by atoms with Crippen molar-refractivity contribution in [3.05, 3.63) is 16.9 Å². The third-order valence-electron chi connectivity index (χ3n) is 2.58. The normalized spacial score (nSPS) is 26.2. The Morgan fingerprint density at radius 3 is 2.88 bits per heavy atom. The predicted octanol–water partition coefficient (Wildman–Crippen LogP) is 2.75. The fourth-order valence-corrected chi connectivity index (χ4v) is 2.15. The minimum Gasteiger partial charge on any atom is -0.350 e. The van der Waals surface area contributed by atoms with Gasteiger partial charge in [-0.1, -0.05) is 0 Å². The number of aromatic nitrogens is 2. The summed E-state index contributed by atoms with van der Waals surface area (Å²) in [6.07, 6.45) is 4.13. The maximum absolute atomic E-state index is 5.67. The first-order valence-electron chi connectivity index (χ1n) is 5.63. The second-order valence-electron chi connectivity index (χ2n) is 4.30. The maximum atomic E-state index is 5.67. The van der Waals surface area contributed by atoms with Gasteiger partial charge in [0.05, 0.1) is 18.8 Å². The summed E-state index contributed by atoms with van der Waals surface area (Å²) in [5.41, 5.74) is 0. The number of nitrogens with zero attached hydrogens (tertiary/aromatic N) is 2. The van der Waals surface area contributed by atoms with Crippen LogP contribution < -0.4 is 0 Å². The van der Waals surface area contributed by atoms with Crippen molar-refractivity contribution >= 4 is 15.9 Å². The summed E-state index contributed by atoms with van der Waals surface area (Å²) in [4.78, 5) is 0. The van der Waals surface area contributed by atoms with Gasteiger partial charge in [0.25, 0.3) is 0 Å². The molecule has 1 aromatic rings. The summed E-state index contributed by atoms with van der Waals surface area (Å²) in [6.45, 7) is 4.73. The van der Waals surface area contributed by atoms with Crippen molar-refractivity contribution in [2.75, 3.05) is 6.61 Å². The highest BCUT2D eigenvalue weighted by Gasteiger charge is 2.24. The number of rotatable bonds is 3. The first-order valence-corrected chi connectivity index (χ1v) is 6.42. The van der Waals surface area contributed by atoms with Crippen LogP contribution in [0, 0.1) is 0 Å². The Bertz CT molecular complexity index is 332. The largest absolute Gasteiger partial charge is 0.350 e. The van der Waals surface area contributed by atoms with Gasteiger partial charge in [-0.15, -0.1) is 0 Å². The molecule has 0 spiro atoms. The van der Waals surface area contributed by atoms with Crippen molar-refractivity contribution in [1.29, 1.82) is 0 Å². The lowest BCUT2D eigenvalue weighted by atomic mass is 10.1. The fourth-order valence-electron chi connectivity index (χ4n) is 1.85.